The van der Waals surface area contributed by atoms with E-state index < -0.39 is 12.1 Å². The summed E-state index contributed by atoms with van der Waals surface area (Å²) in [5.41, 5.74) is 0.518. The molecule has 3 unspecified atom stereocenters. The molecule has 1 aliphatic heterocycles. The normalized spacial score (nSPS) is 25.6. The molecular weight excluding hydrogens is 371 g/mol. The molecule has 5 nitrogen and oxygen atoms in total. The lowest BCUT2D eigenvalue weighted by atomic mass is 9.85. The Hall–Kier alpha value is -1.80. The van der Waals surface area contributed by atoms with Crippen molar-refractivity contribution in [1.29, 1.82) is 0 Å². The van der Waals surface area contributed by atoms with Crippen LogP contribution in [0.2, 0.25) is 0 Å². The Morgan fingerprint density at radius 2 is 2.04 bits per heavy atom. The molecule has 1 saturated carbocycles. The van der Waals surface area contributed by atoms with Crippen LogP contribution in [0.15, 0.2) is 22.6 Å². The van der Waals surface area contributed by atoms with Crippen LogP contribution in [0.4, 0.5) is 18.9 Å². The lowest BCUT2D eigenvalue weighted by molar-refractivity contribution is -0.156. The first-order chi connectivity index (χ1) is 11.9. The van der Waals surface area contributed by atoms with Crippen LogP contribution in [0, 0.1) is 5.92 Å². The molecule has 1 saturated heterocycles. The van der Waals surface area contributed by atoms with Crippen LogP contribution < -0.4 is 10.6 Å². The number of nitrogens with one attached hydrogen (secondary N) is 2. The maximum atomic E-state index is 12.7. The first kappa shape index (κ1) is 19.0. The van der Waals surface area contributed by atoms with Crippen molar-refractivity contribution in [2.45, 2.75) is 50.4 Å². The van der Waals surface area contributed by atoms with Crippen molar-refractivity contribution in [2.75, 3.05) is 5.32 Å². The molecule has 3 atom stereocenters. The van der Waals surface area contributed by atoms with E-state index >= 15 is 0 Å². The smallest absolute Gasteiger partial charge is 0.433 e. The quantitative estimate of drug-likeness (QED) is 0.810. The van der Waals surface area contributed by atoms with Crippen molar-refractivity contribution in [2.24, 2.45) is 5.92 Å². The largest absolute Gasteiger partial charge is 0.468 e. The van der Waals surface area contributed by atoms with Gasteiger partial charge in [0.05, 0.1) is 6.04 Å². The highest BCUT2D eigenvalue weighted by Gasteiger charge is 2.39. The molecule has 0 radical (unpaired) electrons. The average Bonchev–Trinajstić information content (AvgIpc) is 3.18. The first-order valence-electron chi connectivity index (χ1n) is 8.45. The number of aromatic nitrogens is 1. The van der Waals surface area contributed by atoms with Crippen LogP contribution in [0.1, 0.15) is 38.0 Å². The van der Waals surface area contributed by atoms with Gasteiger partial charge in [-0.1, -0.05) is 12.8 Å². The van der Waals surface area contributed by atoms with Gasteiger partial charge in [-0.3, -0.25) is 4.79 Å². The zero-order valence-corrected chi connectivity index (χ0v) is 14.6. The molecule has 2 aromatic rings. The molecule has 0 bridgehead atoms. The molecule has 9 heteroatoms. The van der Waals surface area contributed by atoms with Crippen LogP contribution in [0.5, 0.6) is 0 Å². The number of nitrogens with zero attached hydrogens (tertiary/aromatic N) is 1. The summed E-state index contributed by atoms with van der Waals surface area (Å²) < 4.78 is 42.7. The number of hydrogen-bond donors (Lipinski definition) is 2. The Morgan fingerprint density at radius 3 is 2.77 bits per heavy atom. The lowest BCUT2D eigenvalue weighted by Crippen LogP contribution is -2.39. The Kier molecular flexibility index (Phi) is 5.16. The first-order valence-corrected chi connectivity index (χ1v) is 8.45. The molecule has 4 rings (SSSR count). The fraction of sp³-hybridized carbons (Fsp3) is 0.529. The summed E-state index contributed by atoms with van der Waals surface area (Å²) >= 11 is 0. The van der Waals surface area contributed by atoms with E-state index in [1.807, 2.05) is 0 Å². The number of anilines is 1. The molecule has 26 heavy (non-hydrogen) atoms. The summed E-state index contributed by atoms with van der Waals surface area (Å²) in [5, 5.41) is 6.15. The van der Waals surface area contributed by atoms with Crippen molar-refractivity contribution in [1.82, 2.24) is 10.3 Å². The summed E-state index contributed by atoms with van der Waals surface area (Å²) in [7, 11) is 0. The Balaban J connectivity index is 0.00000196. The summed E-state index contributed by atoms with van der Waals surface area (Å²) in [6.07, 6.45) is 0.813. The second-order valence-corrected chi connectivity index (χ2v) is 6.79. The number of rotatable bonds is 2. The maximum absolute atomic E-state index is 12.7. The third kappa shape index (κ3) is 3.66. The van der Waals surface area contributed by atoms with Crippen molar-refractivity contribution < 1.29 is 22.4 Å². The number of oxazole rings is 1. The zero-order chi connectivity index (χ0) is 17.6. The number of carbonyl (C=O) groups is 1. The summed E-state index contributed by atoms with van der Waals surface area (Å²) in [6, 6.07) is 4.44. The number of alkyl halides is 3. The Morgan fingerprint density at radius 1 is 1.27 bits per heavy atom. The number of hydrogen-bond acceptors (Lipinski definition) is 4. The molecule has 1 amide bonds. The van der Waals surface area contributed by atoms with E-state index in [1.54, 1.807) is 0 Å². The molecule has 2 heterocycles. The van der Waals surface area contributed by atoms with Gasteiger partial charge in [0.1, 0.15) is 5.52 Å². The molecule has 1 aromatic heterocycles. The molecule has 1 aromatic carbocycles. The van der Waals surface area contributed by atoms with Gasteiger partial charge in [0.2, 0.25) is 5.91 Å². The third-order valence-electron chi connectivity index (χ3n) is 5.08. The lowest BCUT2D eigenvalue weighted by Gasteiger charge is -2.24. The second kappa shape index (κ2) is 7.08. The Bertz CT molecular complexity index is 794. The molecule has 0 spiro atoms. The summed E-state index contributed by atoms with van der Waals surface area (Å²) in [5.74, 6) is -0.905. The molecule has 2 N–H and O–H groups in total. The maximum Gasteiger partial charge on any atom is 0.468 e. The van der Waals surface area contributed by atoms with E-state index in [0.29, 0.717) is 17.6 Å². The van der Waals surface area contributed by atoms with Crippen molar-refractivity contribution in [3.8, 4) is 0 Å². The Labute approximate surface area is 154 Å². The van der Waals surface area contributed by atoms with Gasteiger partial charge >= 0.3 is 12.1 Å². The van der Waals surface area contributed by atoms with Crippen molar-refractivity contribution >= 4 is 35.1 Å². The average molecular weight is 390 g/mol. The highest BCUT2D eigenvalue weighted by molar-refractivity contribution is 5.96. The topological polar surface area (TPSA) is 67.2 Å². The van der Waals surface area contributed by atoms with Gasteiger partial charge in [0.15, 0.2) is 5.58 Å². The van der Waals surface area contributed by atoms with E-state index in [1.165, 1.54) is 31.0 Å². The van der Waals surface area contributed by atoms with Gasteiger partial charge in [0.25, 0.3) is 0 Å². The molecule has 1 aliphatic carbocycles. The van der Waals surface area contributed by atoms with Gasteiger partial charge in [-0.2, -0.15) is 13.2 Å². The van der Waals surface area contributed by atoms with E-state index in [9.17, 15) is 18.0 Å². The minimum Gasteiger partial charge on any atom is -0.433 e. The van der Waals surface area contributed by atoms with Crippen LogP contribution in [-0.4, -0.2) is 23.0 Å². The standard InChI is InChI=1S/C17H18F3N3O2.ClH/c18-17(19,20)16-23-12-8-10(5-6-14(12)25-16)21-15(24)13-7-9-3-1-2-4-11(9)22-13;/h5-6,8-9,11,13,22H,1-4,7H2,(H,21,24);1H. The summed E-state index contributed by atoms with van der Waals surface area (Å²) in [6.45, 7) is 0. The molecular formula is C17H19ClF3N3O2. The second-order valence-electron chi connectivity index (χ2n) is 6.79. The van der Waals surface area contributed by atoms with Crippen LogP contribution >= 0.6 is 12.4 Å². The van der Waals surface area contributed by atoms with Crippen molar-refractivity contribution in [3.05, 3.63) is 24.1 Å². The fourth-order valence-corrected chi connectivity index (χ4v) is 3.88. The van der Waals surface area contributed by atoms with Gasteiger partial charge in [-0.05, 0) is 43.4 Å². The fourth-order valence-electron chi connectivity index (χ4n) is 3.88. The molecule has 2 aliphatic rings. The minimum absolute atomic E-state index is 0. The zero-order valence-electron chi connectivity index (χ0n) is 13.8. The molecule has 2 fully saturated rings. The van der Waals surface area contributed by atoms with Crippen LogP contribution in [-0.2, 0) is 11.0 Å². The highest BCUT2D eigenvalue weighted by Crippen LogP contribution is 2.34. The third-order valence-corrected chi connectivity index (χ3v) is 5.08. The minimum atomic E-state index is -4.63. The predicted molar refractivity (Wildman–Crippen MR) is 92.2 cm³/mol. The number of amides is 1. The van der Waals surface area contributed by atoms with Gasteiger partial charge in [-0.25, -0.2) is 4.98 Å². The number of carbonyl (C=O) groups excluding carboxylic acids is 1. The van der Waals surface area contributed by atoms with Crippen molar-refractivity contribution in [3.63, 3.8) is 0 Å². The predicted octanol–water partition coefficient (Wildman–Crippen LogP) is 4.13. The van der Waals surface area contributed by atoms with Crippen LogP contribution in [0.3, 0.4) is 0 Å². The highest BCUT2D eigenvalue weighted by atomic mass is 35.5. The monoisotopic (exact) mass is 389 g/mol. The van der Waals surface area contributed by atoms with E-state index in [0.717, 1.165) is 19.3 Å². The van der Waals surface area contributed by atoms with Gasteiger partial charge in [0, 0.05) is 11.7 Å². The van der Waals surface area contributed by atoms with E-state index in [2.05, 4.69) is 15.6 Å². The van der Waals surface area contributed by atoms with Gasteiger partial charge in [-0.15, -0.1) is 12.4 Å². The van der Waals surface area contributed by atoms with E-state index in [-0.39, 0.29) is 35.5 Å². The SMILES string of the molecule is Cl.O=C(Nc1ccc2oc(C(F)(F)F)nc2c1)C1CC2CCCCC2N1. The van der Waals surface area contributed by atoms with Crippen LogP contribution in [0.25, 0.3) is 11.1 Å². The molecule has 142 valence electrons. The van der Waals surface area contributed by atoms with Gasteiger partial charge < -0.3 is 15.1 Å². The number of fused-ring (bicyclic) bond motifs is 2. The summed E-state index contributed by atoms with van der Waals surface area (Å²) in [4.78, 5) is 15.9. The van der Waals surface area contributed by atoms with E-state index in [4.69, 9.17) is 4.42 Å². The number of benzene rings is 1. The number of halogens is 4.